The van der Waals surface area contributed by atoms with E-state index in [2.05, 4.69) is 41.9 Å². The van der Waals surface area contributed by atoms with Crippen LogP contribution in [0, 0.1) is 0 Å². The molecule has 1 aromatic heterocycles. The van der Waals surface area contributed by atoms with Gasteiger partial charge in [0.1, 0.15) is 5.82 Å². The van der Waals surface area contributed by atoms with Crippen molar-refractivity contribution in [1.82, 2.24) is 9.66 Å². The fourth-order valence-electron chi connectivity index (χ4n) is 2.94. The molecule has 3 rings (SSSR count). The zero-order valence-electron chi connectivity index (χ0n) is 17.3. The third kappa shape index (κ3) is 4.92. The number of ether oxygens (including phenoxy) is 2. The minimum absolute atomic E-state index is 0.00807. The Hall–Kier alpha value is -2.19. The second kappa shape index (κ2) is 9.75. The fraction of sp³-hybridized carbons (Fsp3) is 0.318. The third-order valence-corrected chi connectivity index (χ3v) is 5.28. The van der Waals surface area contributed by atoms with Crippen LogP contribution in [0.5, 0.6) is 11.5 Å². The van der Waals surface area contributed by atoms with Crippen LogP contribution in [0.1, 0.15) is 39.1 Å². The molecule has 1 heterocycles. The molecule has 0 saturated heterocycles. The summed E-state index contributed by atoms with van der Waals surface area (Å²) in [6.07, 6.45) is 2.21. The fourth-order valence-corrected chi connectivity index (χ4v) is 3.86. The number of halogens is 2. The standard InChI is InChI=1S/C22H23Br2N3O3/c1-5-20-26-18-8-7-15(23)11-16(18)22(28)27(20)25-12-14-9-17(24)21(30-13(3)4)19(10-14)29-6-2/h7-13H,5-6H2,1-4H3. The molecular weight excluding hydrogens is 514 g/mol. The number of aromatic nitrogens is 2. The molecule has 0 amide bonds. The van der Waals surface area contributed by atoms with Gasteiger partial charge in [0.25, 0.3) is 5.56 Å². The number of fused-ring (bicyclic) bond motifs is 1. The molecule has 158 valence electrons. The van der Waals surface area contributed by atoms with E-state index >= 15 is 0 Å². The van der Waals surface area contributed by atoms with Crippen molar-refractivity contribution in [1.29, 1.82) is 0 Å². The van der Waals surface area contributed by atoms with Crippen molar-refractivity contribution in [3.63, 3.8) is 0 Å². The summed E-state index contributed by atoms with van der Waals surface area (Å²) in [5.41, 5.74) is 1.21. The predicted octanol–water partition coefficient (Wildman–Crippen LogP) is 5.55. The third-order valence-electron chi connectivity index (χ3n) is 4.20. The van der Waals surface area contributed by atoms with E-state index < -0.39 is 0 Å². The Morgan fingerprint density at radius 1 is 1.20 bits per heavy atom. The average molecular weight is 537 g/mol. The minimum atomic E-state index is -0.210. The molecule has 0 radical (unpaired) electrons. The Labute approximate surface area is 192 Å². The minimum Gasteiger partial charge on any atom is -0.490 e. The van der Waals surface area contributed by atoms with Crippen molar-refractivity contribution in [2.24, 2.45) is 5.10 Å². The Kier molecular flexibility index (Phi) is 7.31. The number of nitrogens with zero attached hydrogens (tertiary/aromatic N) is 3. The van der Waals surface area contributed by atoms with Crippen molar-refractivity contribution < 1.29 is 9.47 Å². The van der Waals surface area contributed by atoms with Gasteiger partial charge in [-0.15, -0.1) is 0 Å². The van der Waals surface area contributed by atoms with Crippen LogP contribution in [0.15, 0.2) is 49.2 Å². The van der Waals surface area contributed by atoms with E-state index in [9.17, 15) is 4.79 Å². The highest BCUT2D eigenvalue weighted by atomic mass is 79.9. The van der Waals surface area contributed by atoms with E-state index in [1.807, 2.05) is 52.0 Å². The predicted molar refractivity (Wildman–Crippen MR) is 127 cm³/mol. The summed E-state index contributed by atoms with van der Waals surface area (Å²) in [6.45, 7) is 8.28. The van der Waals surface area contributed by atoms with Crippen LogP contribution in [-0.2, 0) is 6.42 Å². The Balaban J connectivity index is 2.08. The lowest BCUT2D eigenvalue weighted by molar-refractivity contribution is 0.222. The molecule has 0 aliphatic heterocycles. The van der Waals surface area contributed by atoms with E-state index in [-0.39, 0.29) is 11.7 Å². The monoisotopic (exact) mass is 535 g/mol. The van der Waals surface area contributed by atoms with E-state index in [4.69, 9.17) is 9.47 Å². The maximum Gasteiger partial charge on any atom is 0.282 e. The van der Waals surface area contributed by atoms with Crippen LogP contribution in [0.3, 0.4) is 0 Å². The van der Waals surface area contributed by atoms with Crippen LogP contribution in [0.2, 0.25) is 0 Å². The lowest BCUT2D eigenvalue weighted by atomic mass is 10.2. The number of hydrogen-bond donors (Lipinski definition) is 0. The summed E-state index contributed by atoms with van der Waals surface area (Å²) in [5.74, 6) is 1.85. The summed E-state index contributed by atoms with van der Waals surface area (Å²) < 4.78 is 14.5. The number of rotatable bonds is 7. The second-order valence-corrected chi connectivity index (χ2v) is 8.60. The van der Waals surface area contributed by atoms with Gasteiger partial charge in [-0.05, 0) is 72.6 Å². The van der Waals surface area contributed by atoms with E-state index in [1.165, 1.54) is 4.68 Å². The van der Waals surface area contributed by atoms with Gasteiger partial charge >= 0.3 is 0 Å². The molecule has 2 aromatic carbocycles. The molecule has 30 heavy (non-hydrogen) atoms. The molecule has 3 aromatic rings. The smallest absolute Gasteiger partial charge is 0.282 e. The molecule has 0 saturated carbocycles. The van der Waals surface area contributed by atoms with Gasteiger partial charge in [0.15, 0.2) is 11.5 Å². The van der Waals surface area contributed by atoms with Crippen LogP contribution < -0.4 is 15.0 Å². The van der Waals surface area contributed by atoms with E-state index in [0.717, 1.165) is 14.5 Å². The van der Waals surface area contributed by atoms with Crippen molar-refractivity contribution >= 4 is 49.0 Å². The maximum absolute atomic E-state index is 13.0. The lowest BCUT2D eigenvalue weighted by Crippen LogP contribution is -2.22. The molecule has 0 unspecified atom stereocenters. The zero-order chi connectivity index (χ0) is 21.8. The molecule has 0 spiro atoms. The molecule has 0 bridgehead atoms. The molecule has 6 nitrogen and oxygen atoms in total. The molecule has 0 aliphatic carbocycles. The summed E-state index contributed by atoms with van der Waals surface area (Å²) in [6, 6.07) is 9.18. The molecule has 0 atom stereocenters. The van der Waals surface area contributed by atoms with Gasteiger partial charge in [0.05, 0.1) is 34.3 Å². The van der Waals surface area contributed by atoms with Crippen molar-refractivity contribution in [3.05, 3.63) is 61.0 Å². The number of hydrogen-bond acceptors (Lipinski definition) is 5. The topological polar surface area (TPSA) is 65.7 Å². The van der Waals surface area contributed by atoms with Gasteiger partial charge in [-0.2, -0.15) is 9.78 Å². The highest BCUT2D eigenvalue weighted by molar-refractivity contribution is 9.10. The SMILES string of the molecule is CCOc1cc(C=Nn2c(CC)nc3ccc(Br)cc3c2=O)cc(Br)c1OC(C)C. The van der Waals surface area contributed by atoms with Crippen LogP contribution >= 0.6 is 31.9 Å². The lowest BCUT2D eigenvalue weighted by Gasteiger charge is -2.16. The van der Waals surface area contributed by atoms with Crippen molar-refractivity contribution in [3.8, 4) is 11.5 Å². The van der Waals surface area contributed by atoms with Crippen molar-refractivity contribution in [2.45, 2.75) is 40.2 Å². The first-order valence-corrected chi connectivity index (χ1v) is 11.3. The van der Waals surface area contributed by atoms with E-state index in [1.54, 1.807) is 12.3 Å². The first kappa shape index (κ1) is 22.5. The molecule has 8 heteroatoms. The van der Waals surface area contributed by atoms with Gasteiger partial charge in [-0.25, -0.2) is 4.98 Å². The normalized spacial score (nSPS) is 11.6. The van der Waals surface area contributed by atoms with E-state index in [0.29, 0.717) is 41.3 Å². The first-order chi connectivity index (χ1) is 14.3. The van der Waals surface area contributed by atoms with Gasteiger partial charge in [0, 0.05) is 10.9 Å². The Morgan fingerprint density at radius 3 is 2.63 bits per heavy atom. The highest BCUT2D eigenvalue weighted by Gasteiger charge is 2.14. The molecule has 0 fully saturated rings. The Bertz CT molecular complexity index is 1160. The molecular formula is C22H23Br2N3O3. The molecule has 0 aliphatic rings. The summed E-state index contributed by atoms with van der Waals surface area (Å²) in [5, 5.41) is 4.95. The number of aryl methyl sites for hydroxylation is 1. The summed E-state index contributed by atoms with van der Waals surface area (Å²) >= 11 is 6.96. The number of benzene rings is 2. The van der Waals surface area contributed by atoms with Crippen LogP contribution in [0.4, 0.5) is 0 Å². The van der Waals surface area contributed by atoms with Crippen LogP contribution in [0.25, 0.3) is 10.9 Å². The average Bonchev–Trinajstić information content (AvgIpc) is 2.70. The maximum atomic E-state index is 13.0. The second-order valence-electron chi connectivity index (χ2n) is 6.83. The first-order valence-electron chi connectivity index (χ1n) is 9.72. The summed E-state index contributed by atoms with van der Waals surface area (Å²) in [4.78, 5) is 17.6. The quantitative estimate of drug-likeness (QED) is 0.371. The van der Waals surface area contributed by atoms with Gasteiger partial charge in [-0.1, -0.05) is 22.9 Å². The van der Waals surface area contributed by atoms with Gasteiger partial charge < -0.3 is 9.47 Å². The largest absolute Gasteiger partial charge is 0.490 e. The van der Waals surface area contributed by atoms with Crippen molar-refractivity contribution in [2.75, 3.05) is 6.61 Å². The highest BCUT2D eigenvalue weighted by Crippen LogP contribution is 2.37. The Morgan fingerprint density at radius 2 is 1.97 bits per heavy atom. The molecule has 0 N–H and O–H groups in total. The van der Waals surface area contributed by atoms with Crippen LogP contribution in [-0.4, -0.2) is 28.6 Å². The van der Waals surface area contributed by atoms with Gasteiger partial charge in [0.2, 0.25) is 0 Å². The van der Waals surface area contributed by atoms with Gasteiger partial charge in [-0.3, -0.25) is 4.79 Å². The summed E-state index contributed by atoms with van der Waals surface area (Å²) in [7, 11) is 0. The zero-order valence-corrected chi connectivity index (χ0v) is 20.4.